The van der Waals surface area contributed by atoms with Crippen LogP contribution >= 0.6 is 0 Å². The van der Waals surface area contributed by atoms with Crippen molar-refractivity contribution in [2.45, 2.75) is 70.4 Å². The molecule has 1 atom stereocenters. The van der Waals surface area contributed by atoms with Gasteiger partial charge in [0, 0.05) is 18.6 Å². The lowest BCUT2D eigenvalue weighted by atomic mass is 9.84. The Balaban J connectivity index is 1.93. The van der Waals surface area contributed by atoms with Crippen LogP contribution in [0.2, 0.25) is 0 Å². The van der Waals surface area contributed by atoms with E-state index in [4.69, 9.17) is 4.74 Å². The number of hydrogen-bond donors (Lipinski definition) is 1. The van der Waals surface area contributed by atoms with Crippen molar-refractivity contribution >= 4 is 0 Å². The van der Waals surface area contributed by atoms with Crippen LogP contribution in [0.15, 0.2) is 0 Å². The highest BCUT2D eigenvalue weighted by molar-refractivity contribution is 5.00. The zero-order chi connectivity index (χ0) is 13.7. The van der Waals surface area contributed by atoms with Gasteiger partial charge in [-0.3, -0.25) is 4.90 Å². The van der Waals surface area contributed by atoms with E-state index >= 15 is 0 Å². The molecule has 2 aliphatic rings. The highest BCUT2D eigenvalue weighted by atomic mass is 16.5. The van der Waals surface area contributed by atoms with Gasteiger partial charge in [-0.05, 0) is 25.2 Å². The van der Waals surface area contributed by atoms with Crippen molar-refractivity contribution < 1.29 is 9.84 Å². The van der Waals surface area contributed by atoms with Crippen molar-refractivity contribution in [3.8, 4) is 0 Å². The molecule has 1 saturated carbocycles. The number of ether oxygens (including phenoxy) is 1. The van der Waals surface area contributed by atoms with E-state index < -0.39 is 0 Å². The number of hydrogen-bond acceptors (Lipinski definition) is 3. The van der Waals surface area contributed by atoms with Gasteiger partial charge in [0.05, 0.1) is 19.3 Å². The monoisotopic (exact) mass is 269 g/mol. The Bertz CT molecular complexity index is 255. The first-order chi connectivity index (χ1) is 9.15. The van der Waals surface area contributed by atoms with Crippen LogP contribution in [-0.4, -0.2) is 48.0 Å². The molecule has 3 nitrogen and oxygen atoms in total. The fourth-order valence-electron chi connectivity index (χ4n) is 3.84. The molecule has 2 rings (SSSR count). The summed E-state index contributed by atoms with van der Waals surface area (Å²) in [5.74, 6) is 0.745. The molecule has 1 aliphatic heterocycles. The molecule has 0 bridgehead atoms. The minimum atomic E-state index is -0.146. The maximum absolute atomic E-state index is 10.8. The van der Waals surface area contributed by atoms with Crippen molar-refractivity contribution in [3.05, 3.63) is 0 Å². The third kappa shape index (κ3) is 3.71. The average molecular weight is 269 g/mol. The van der Waals surface area contributed by atoms with E-state index in [1.54, 1.807) is 0 Å². The van der Waals surface area contributed by atoms with Gasteiger partial charge in [-0.15, -0.1) is 0 Å². The lowest BCUT2D eigenvalue weighted by Gasteiger charge is -2.46. The third-order valence-electron chi connectivity index (χ3n) is 4.99. The van der Waals surface area contributed by atoms with Crippen LogP contribution in [0.5, 0.6) is 0 Å². The van der Waals surface area contributed by atoms with Crippen LogP contribution < -0.4 is 0 Å². The van der Waals surface area contributed by atoms with E-state index in [-0.39, 0.29) is 11.6 Å². The first kappa shape index (κ1) is 15.3. The standard InChI is InChI=1S/C16H31NO2/c1-14(2)6-5-7-15(18)16(8-3-4-9-16)17-10-12-19-13-11-17/h14-15,18H,3-13H2,1-2H3. The average Bonchev–Trinajstić information content (AvgIpc) is 2.90. The summed E-state index contributed by atoms with van der Waals surface area (Å²) in [6, 6.07) is 0. The van der Waals surface area contributed by atoms with Crippen molar-refractivity contribution in [1.82, 2.24) is 4.90 Å². The van der Waals surface area contributed by atoms with Crippen molar-refractivity contribution in [1.29, 1.82) is 0 Å². The zero-order valence-electron chi connectivity index (χ0n) is 12.7. The van der Waals surface area contributed by atoms with Gasteiger partial charge in [0.25, 0.3) is 0 Å². The van der Waals surface area contributed by atoms with Crippen LogP contribution in [-0.2, 0) is 4.74 Å². The second kappa shape index (κ2) is 7.05. The number of morpholine rings is 1. The minimum Gasteiger partial charge on any atom is -0.391 e. The molecule has 0 spiro atoms. The second-order valence-electron chi connectivity index (χ2n) is 6.75. The van der Waals surface area contributed by atoms with Gasteiger partial charge < -0.3 is 9.84 Å². The first-order valence-corrected chi connectivity index (χ1v) is 8.16. The van der Waals surface area contributed by atoms with E-state index in [9.17, 15) is 5.11 Å². The van der Waals surface area contributed by atoms with Gasteiger partial charge in [-0.25, -0.2) is 0 Å². The van der Waals surface area contributed by atoms with Crippen molar-refractivity contribution in [2.75, 3.05) is 26.3 Å². The van der Waals surface area contributed by atoms with Crippen molar-refractivity contribution in [3.63, 3.8) is 0 Å². The second-order valence-corrected chi connectivity index (χ2v) is 6.75. The zero-order valence-corrected chi connectivity index (χ0v) is 12.7. The van der Waals surface area contributed by atoms with Crippen LogP contribution in [0.3, 0.4) is 0 Å². The van der Waals surface area contributed by atoms with Crippen LogP contribution in [0, 0.1) is 5.92 Å². The summed E-state index contributed by atoms with van der Waals surface area (Å²) in [7, 11) is 0. The fourth-order valence-corrected chi connectivity index (χ4v) is 3.84. The summed E-state index contributed by atoms with van der Waals surface area (Å²) in [6.45, 7) is 8.20. The molecule has 0 aromatic carbocycles. The summed E-state index contributed by atoms with van der Waals surface area (Å²) in [5.41, 5.74) is 0.0702. The molecule has 0 aromatic heterocycles. The largest absolute Gasteiger partial charge is 0.391 e. The highest BCUT2D eigenvalue weighted by Gasteiger charge is 2.45. The summed E-state index contributed by atoms with van der Waals surface area (Å²) in [5, 5.41) is 10.8. The third-order valence-corrected chi connectivity index (χ3v) is 4.99. The van der Waals surface area contributed by atoms with Crippen LogP contribution in [0.4, 0.5) is 0 Å². The Morgan fingerprint density at radius 3 is 2.32 bits per heavy atom. The minimum absolute atomic E-state index is 0.0702. The molecule has 1 aliphatic carbocycles. The van der Waals surface area contributed by atoms with Gasteiger partial charge in [-0.1, -0.05) is 39.5 Å². The molecule has 2 fully saturated rings. The molecule has 1 unspecified atom stereocenters. The molecule has 0 radical (unpaired) electrons. The SMILES string of the molecule is CC(C)CCCC(O)C1(N2CCOCC2)CCCC1. The molecule has 3 heteroatoms. The topological polar surface area (TPSA) is 32.7 Å². The highest BCUT2D eigenvalue weighted by Crippen LogP contribution is 2.40. The summed E-state index contributed by atoms with van der Waals surface area (Å²) in [6.07, 6.45) is 8.12. The van der Waals surface area contributed by atoms with E-state index in [0.717, 1.165) is 45.1 Å². The number of aliphatic hydroxyl groups excluding tert-OH is 1. The quantitative estimate of drug-likeness (QED) is 0.805. The predicted molar refractivity (Wildman–Crippen MR) is 78.3 cm³/mol. The van der Waals surface area contributed by atoms with E-state index in [2.05, 4.69) is 18.7 Å². The van der Waals surface area contributed by atoms with Gasteiger partial charge >= 0.3 is 0 Å². The predicted octanol–water partition coefficient (Wildman–Crippen LogP) is 2.82. The van der Waals surface area contributed by atoms with Gasteiger partial charge in [0.1, 0.15) is 0 Å². The number of aliphatic hydroxyl groups is 1. The Morgan fingerprint density at radius 2 is 1.74 bits per heavy atom. The molecule has 19 heavy (non-hydrogen) atoms. The van der Waals surface area contributed by atoms with Gasteiger partial charge in [0.15, 0.2) is 0 Å². The Kier molecular flexibility index (Phi) is 5.67. The lowest BCUT2D eigenvalue weighted by molar-refractivity contribution is -0.0786. The van der Waals surface area contributed by atoms with Gasteiger partial charge in [-0.2, -0.15) is 0 Å². The summed E-state index contributed by atoms with van der Waals surface area (Å²) in [4.78, 5) is 2.53. The van der Waals surface area contributed by atoms with Gasteiger partial charge in [0.2, 0.25) is 0 Å². The molecule has 1 heterocycles. The Hall–Kier alpha value is -0.120. The maximum Gasteiger partial charge on any atom is 0.0723 e. The Morgan fingerprint density at radius 1 is 1.11 bits per heavy atom. The summed E-state index contributed by atoms with van der Waals surface area (Å²) >= 11 is 0. The smallest absolute Gasteiger partial charge is 0.0723 e. The maximum atomic E-state index is 10.8. The molecular formula is C16H31NO2. The lowest BCUT2D eigenvalue weighted by Crippen LogP contribution is -2.58. The van der Waals surface area contributed by atoms with E-state index in [1.807, 2.05) is 0 Å². The fraction of sp³-hybridized carbons (Fsp3) is 1.00. The van der Waals surface area contributed by atoms with Crippen molar-refractivity contribution in [2.24, 2.45) is 5.92 Å². The molecule has 0 amide bonds. The number of rotatable bonds is 6. The molecule has 1 N–H and O–H groups in total. The van der Waals surface area contributed by atoms with Crippen LogP contribution in [0.25, 0.3) is 0 Å². The first-order valence-electron chi connectivity index (χ1n) is 8.16. The molecule has 1 saturated heterocycles. The number of nitrogens with zero attached hydrogens (tertiary/aromatic N) is 1. The molecule has 112 valence electrons. The van der Waals surface area contributed by atoms with E-state index in [1.165, 1.54) is 32.1 Å². The normalized spacial score (nSPS) is 25.9. The van der Waals surface area contributed by atoms with E-state index in [0.29, 0.717) is 0 Å². The molecular weight excluding hydrogens is 238 g/mol. The van der Waals surface area contributed by atoms with Crippen LogP contribution in [0.1, 0.15) is 58.8 Å². The molecule has 0 aromatic rings. The summed E-state index contributed by atoms with van der Waals surface area (Å²) < 4.78 is 5.47. The Labute approximate surface area is 118 Å².